The first-order valence-corrected chi connectivity index (χ1v) is 11.5. The van der Waals surface area contributed by atoms with Crippen molar-refractivity contribution >= 4 is 15.9 Å². The van der Waals surface area contributed by atoms with Gasteiger partial charge in [0.15, 0.2) is 0 Å². The van der Waals surface area contributed by atoms with Gasteiger partial charge in [0.05, 0.1) is 26.7 Å². The summed E-state index contributed by atoms with van der Waals surface area (Å²) in [4.78, 5) is 12.8. The van der Waals surface area contributed by atoms with E-state index in [-0.39, 0.29) is 35.1 Å². The van der Waals surface area contributed by atoms with Crippen molar-refractivity contribution in [3.05, 3.63) is 18.2 Å². The summed E-state index contributed by atoms with van der Waals surface area (Å²) in [5, 5.41) is 2.90. The van der Waals surface area contributed by atoms with Crippen molar-refractivity contribution in [2.75, 3.05) is 40.5 Å². The van der Waals surface area contributed by atoms with Crippen LogP contribution >= 0.6 is 0 Å². The Labute approximate surface area is 172 Å². The third-order valence-electron chi connectivity index (χ3n) is 5.61. The van der Waals surface area contributed by atoms with E-state index in [4.69, 9.17) is 14.2 Å². The maximum Gasteiger partial charge on any atom is 0.247 e. The Morgan fingerprint density at radius 3 is 2.66 bits per heavy atom. The highest BCUT2D eigenvalue weighted by molar-refractivity contribution is 7.89. The molecule has 2 atom stereocenters. The van der Waals surface area contributed by atoms with Gasteiger partial charge in [-0.1, -0.05) is 12.8 Å². The second-order valence-electron chi connectivity index (χ2n) is 7.35. The number of nitrogens with zero attached hydrogens (tertiary/aromatic N) is 1. The minimum Gasteiger partial charge on any atom is -0.497 e. The van der Waals surface area contributed by atoms with Gasteiger partial charge in [-0.25, -0.2) is 8.42 Å². The van der Waals surface area contributed by atoms with E-state index in [1.165, 1.54) is 24.6 Å². The summed E-state index contributed by atoms with van der Waals surface area (Å²) in [6.07, 6.45) is 3.71. The quantitative estimate of drug-likeness (QED) is 0.789. The Morgan fingerprint density at radius 1 is 1.10 bits per heavy atom. The first-order valence-electron chi connectivity index (χ1n) is 10.1. The Hall–Kier alpha value is -1.84. The van der Waals surface area contributed by atoms with Gasteiger partial charge >= 0.3 is 0 Å². The van der Waals surface area contributed by atoms with Gasteiger partial charge in [0.1, 0.15) is 16.4 Å². The summed E-state index contributed by atoms with van der Waals surface area (Å²) in [6.45, 7) is 1.60. The van der Waals surface area contributed by atoms with Gasteiger partial charge in [0, 0.05) is 31.8 Å². The number of fused-ring (bicyclic) bond motifs is 1. The number of rotatable bonds is 4. The van der Waals surface area contributed by atoms with Crippen molar-refractivity contribution in [1.82, 2.24) is 9.62 Å². The summed E-state index contributed by atoms with van der Waals surface area (Å²) in [6, 6.07) is 4.35. The molecule has 1 N–H and O–H groups in total. The molecule has 0 radical (unpaired) electrons. The van der Waals surface area contributed by atoms with Gasteiger partial charge in [-0.05, 0) is 31.4 Å². The minimum absolute atomic E-state index is 0.0554. The number of amides is 1. The molecular formula is C20H30N2O6S. The third-order valence-corrected chi connectivity index (χ3v) is 7.55. The SMILES string of the molecule is COc1ccc(OC)c(S(=O)(=O)N2CCCOCCNC(=O)C3CCCCC32)c1. The summed E-state index contributed by atoms with van der Waals surface area (Å²) in [5.41, 5.74) is 0. The van der Waals surface area contributed by atoms with Crippen molar-refractivity contribution in [3.63, 3.8) is 0 Å². The number of nitrogens with one attached hydrogen (secondary N) is 1. The van der Waals surface area contributed by atoms with Crippen LogP contribution in [0.1, 0.15) is 32.1 Å². The maximum atomic E-state index is 13.8. The highest BCUT2D eigenvalue weighted by atomic mass is 32.2. The molecule has 9 heteroatoms. The fourth-order valence-corrected chi connectivity index (χ4v) is 6.04. The second kappa shape index (κ2) is 9.77. The summed E-state index contributed by atoms with van der Waals surface area (Å²) in [5.74, 6) is 0.225. The van der Waals surface area contributed by atoms with Crippen LogP contribution < -0.4 is 14.8 Å². The summed E-state index contributed by atoms with van der Waals surface area (Å²) < 4.78 is 45.1. The van der Waals surface area contributed by atoms with E-state index >= 15 is 0 Å². The van der Waals surface area contributed by atoms with E-state index < -0.39 is 10.0 Å². The largest absolute Gasteiger partial charge is 0.497 e. The molecule has 0 aromatic heterocycles. The molecule has 1 amide bonds. The molecule has 1 aromatic carbocycles. The predicted octanol–water partition coefficient (Wildman–Crippen LogP) is 1.79. The van der Waals surface area contributed by atoms with Crippen LogP contribution in [0.5, 0.6) is 11.5 Å². The zero-order valence-corrected chi connectivity index (χ0v) is 17.9. The Kier molecular flexibility index (Phi) is 7.37. The van der Waals surface area contributed by atoms with Gasteiger partial charge in [-0.2, -0.15) is 4.31 Å². The van der Waals surface area contributed by atoms with Crippen molar-refractivity contribution in [2.45, 2.75) is 43.0 Å². The lowest BCUT2D eigenvalue weighted by atomic mass is 9.83. The number of carbonyl (C=O) groups is 1. The summed E-state index contributed by atoms with van der Waals surface area (Å²) >= 11 is 0. The number of benzene rings is 1. The molecule has 0 spiro atoms. The molecule has 3 rings (SSSR count). The molecular weight excluding hydrogens is 396 g/mol. The highest BCUT2D eigenvalue weighted by Gasteiger charge is 2.41. The van der Waals surface area contributed by atoms with Crippen LogP contribution in [-0.4, -0.2) is 65.2 Å². The average Bonchev–Trinajstić information content (AvgIpc) is 2.78. The number of sulfonamides is 1. The zero-order chi connectivity index (χ0) is 20.9. The topological polar surface area (TPSA) is 94.2 Å². The number of hydrogen-bond acceptors (Lipinski definition) is 6. The van der Waals surface area contributed by atoms with Gasteiger partial charge < -0.3 is 19.5 Å². The highest BCUT2D eigenvalue weighted by Crippen LogP contribution is 2.36. The second-order valence-corrected chi connectivity index (χ2v) is 9.21. The van der Waals surface area contributed by atoms with Crippen LogP contribution in [0.15, 0.2) is 23.1 Å². The monoisotopic (exact) mass is 426 g/mol. The van der Waals surface area contributed by atoms with Crippen molar-refractivity contribution in [1.29, 1.82) is 0 Å². The van der Waals surface area contributed by atoms with Crippen molar-refractivity contribution in [3.8, 4) is 11.5 Å². The average molecular weight is 427 g/mol. The maximum absolute atomic E-state index is 13.8. The molecule has 1 heterocycles. The molecule has 2 fully saturated rings. The molecule has 8 nitrogen and oxygen atoms in total. The molecule has 162 valence electrons. The first kappa shape index (κ1) is 21.9. The van der Waals surface area contributed by atoms with E-state index in [2.05, 4.69) is 5.32 Å². The smallest absolute Gasteiger partial charge is 0.247 e. The fourth-order valence-electron chi connectivity index (χ4n) is 4.14. The molecule has 1 aliphatic carbocycles. The van der Waals surface area contributed by atoms with Crippen LogP contribution in [0, 0.1) is 5.92 Å². The van der Waals surface area contributed by atoms with Crippen molar-refractivity contribution < 1.29 is 27.4 Å². The van der Waals surface area contributed by atoms with E-state index in [1.54, 1.807) is 12.1 Å². The molecule has 2 aliphatic rings. The predicted molar refractivity (Wildman–Crippen MR) is 108 cm³/mol. The third kappa shape index (κ3) is 4.84. The molecule has 1 saturated carbocycles. The molecule has 1 saturated heterocycles. The number of ether oxygens (including phenoxy) is 3. The first-order chi connectivity index (χ1) is 14.0. The standard InChI is InChI=1S/C20H30N2O6S/c1-26-15-8-9-18(27-2)19(14-15)29(24,25)22-11-5-12-28-13-10-21-20(23)16-6-3-4-7-17(16)22/h8-9,14,16-17H,3-7,10-13H2,1-2H3,(H,21,23). The summed E-state index contributed by atoms with van der Waals surface area (Å²) in [7, 11) is -0.985. The van der Waals surface area contributed by atoms with E-state index in [1.807, 2.05) is 0 Å². The van der Waals surface area contributed by atoms with Crippen LogP contribution in [0.4, 0.5) is 0 Å². The number of hydrogen-bond donors (Lipinski definition) is 1. The normalized spacial score (nSPS) is 24.7. The van der Waals surface area contributed by atoms with Crippen LogP contribution in [0.3, 0.4) is 0 Å². The number of carbonyl (C=O) groups excluding carboxylic acids is 1. The van der Waals surface area contributed by atoms with E-state index in [0.29, 0.717) is 44.8 Å². The van der Waals surface area contributed by atoms with Gasteiger partial charge in [-0.3, -0.25) is 4.79 Å². The Bertz CT molecular complexity index is 813. The molecule has 1 aliphatic heterocycles. The Balaban J connectivity index is 2.04. The molecule has 29 heavy (non-hydrogen) atoms. The molecule has 2 unspecified atom stereocenters. The van der Waals surface area contributed by atoms with Crippen molar-refractivity contribution in [2.24, 2.45) is 5.92 Å². The lowest BCUT2D eigenvalue weighted by Crippen LogP contribution is -2.51. The van der Waals surface area contributed by atoms with Crippen LogP contribution in [-0.2, 0) is 19.6 Å². The lowest BCUT2D eigenvalue weighted by molar-refractivity contribution is -0.127. The minimum atomic E-state index is -3.92. The zero-order valence-electron chi connectivity index (χ0n) is 17.1. The van der Waals surface area contributed by atoms with Gasteiger partial charge in [-0.15, -0.1) is 0 Å². The van der Waals surface area contributed by atoms with E-state index in [9.17, 15) is 13.2 Å². The lowest BCUT2D eigenvalue weighted by Gasteiger charge is -2.38. The van der Waals surface area contributed by atoms with Gasteiger partial charge in [0.2, 0.25) is 15.9 Å². The fraction of sp³-hybridized carbons (Fsp3) is 0.650. The number of methoxy groups -OCH3 is 2. The van der Waals surface area contributed by atoms with Gasteiger partial charge in [0.25, 0.3) is 0 Å². The van der Waals surface area contributed by atoms with Crippen LogP contribution in [0.25, 0.3) is 0 Å². The van der Waals surface area contributed by atoms with Crippen LogP contribution in [0.2, 0.25) is 0 Å². The molecule has 0 bridgehead atoms. The van der Waals surface area contributed by atoms with E-state index in [0.717, 1.165) is 12.8 Å². The molecule has 1 aromatic rings. The Morgan fingerprint density at radius 2 is 1.90 bits per heavy atom.